The van der Waals surface area contributed by atoms with E-state index in [0.29, 0.717) is 6.54 Å². The van der Waals surface area contributed by atoms with E-state index in [4.69, 9.17) is 0 Å². The van der Waals surface area contributed by atoms with Crippen molar-refractivity contribution in [3.8, 4) is 0 Å². The zero-order valence-corrected chi connectivity index (χ0v) is 12.2. The topological polar surface area (TPSA) is 104 Å². The van der Waals surface area contributed by atoms with Crippen molar-refractivity contribution < 1.29 is 13.2 Å². The van der Waals surface area contributed by atoms with Gasteiger partial charge in [0.2, 0.25) is 15.4 Å². The molecule has 2 rings (SSSR count). The van der Waals surface area contributed by atoms with Gasteiger partial charge in [0, 0.05) is 26.6 Å². The van der Waals surface area contributed by atoms with Gasteiger partial charge in [0.1, 0.15) is 0 Å². The van der Waals surface area contributed by atoms with Gasteiger partial charge in [-0.2, -0.15) is 4.31 Å². The Bertz CT molecular complexity index is 564. The molecule has 1 aliphatic rings. The summed E-state index contributed by atoms with van der Waals surface area (Å²) in [7, 11) is -2.12. The molecule has 1 saturated heterocycles. The molecule has 0 spiro atoms. The monoisotopic (exact) mass is 305 g/mol. The highest BCUT2D eigenvalue weighted by atomic mass is 32.2. The smallest absolute Gasteiger partial charge is 0.272 e. The molecule has 1 atom stereocenters. The summed E-state index contributed by atoms with van der Waals surface area (Å²) >= 11 is 0.851. The quantitative estimate of drug-likeness (QED) is 0.725. The normalized spacial score (nSPS) is 19.8. The Labute approximate surface area is 115 Å². The number of hydrogen-bond acceptors (Lipinski definition) is 7. The lowest BCUT2D eigenvalue weighted by atomic mass is 10.3. The zero-order valence-electron chi connectivity index (χ0n) is 10.6. The van der Waals surface area contributed by atoms with E-state index in [0.717, 1.165) is 24.3 Å². The number of anilines is 1. The van der Waals surface area contributed by atoms with Gasteiger partial charge in [-0.25, -0.2) is 8.42 Å². The van der Waals surface area contributed by atoms with Crippen LogP contribution in [0.4, 0.5) is 5.13 Å². The average Bonchev–Trinajstić information content (AvgIpc) is 2.96. The average molecular weight is 305 g/mol. The molecule has 0 bridgehead atoms. The predicted octanol–water partition coefficient (Wildman–Crippen LogP) is -0.521. The largest absolute Gasteiger partial charge is 0.315 e. The molecular weight excluding hydrogens is 290 g/mol. The van der Waals surface area contributed by atoms with Gasteiger partial charge in [-0.1, -0.05) is 11.3 Å². The van der Waals surface area contributed by atoms with Crippen LogP contribution in [0.2, 0.25) is 0 Å². The van der Waals surface area contributed by atoms with E-state index in [1.807, 2.05) is 0 Å². The maximum Gasteiger partial charge on any atom is 0.272 e. The van der Waals surface area contributed by atoms with Crippen molar-refractivity contribution in [2.24, 2.45) is 0 Å². The molecule has 1 fully saturated rings. The van der Waals surface area contributed by atoms with Gasteiger partial charge in [0.15, 0.2) is 0 Å². The molecule has 1 aromatic heterocycles. The van der Waals surface area contributed by atoms with Gasteiger partial charge < -0.3 is 10.6 Å². The van der Waals surface area contributed by atoms with E-state index in [1.165, 1.54) is 18.3 Å². The summed E-state index contributed by atoms with van der Waals surface area (Å²) in [5.41, 5.74) is 0. The van der Waals surface area contributed by atoms with Gasteiger partial charge in [0.25, 0.3) is 10.0 Å². The molecule has 0 aromatic carbocycles. The molecule has 0 radical (unpaired) electrons. The molecule has 1 aromatic rings. The highest BCUT2D eigenvalue weighted by molar-refractivity contribution is 7.91. The number of nitrogens with one attached hydrogen (secondary N) is 2. The van der Waals surface area contributed by atoms with Crippen LogP contribution in [0, 0.1) is 0 Å². The van der Waals surface area contributed by atoms with Gasteiger partial charge >= 0.3 is 0 Å². The van der Waals surface area contributed by atoms with Gasteiger partial charge in [-0.15, -0.1) is 10.2 Å². The summed E-state index contributed by atoms with van der Waals surface area (Å²) in [5.74, 6) is -0.312. The Hall–Kier alpha value is -1.10. The first kappa shape index (κ1) is 14.3. The Morgan fingerprint density at radius 2 is 2.26 bits per heavy atom. The molecule has 2 N–H and O–H groups in total. The van der Waals surface area contributed by atoms with Crippen LogP contribution in [0.5, 0.6) is 0 Å². The summed E-state index contributed by atoms with van der Waals surface area (Å²) in [6.07, 6.45) is 0.771. The Balaban J connectivity index is 2.18. The van der Waals surface area contributed by atoms with Crippen LogP contribution < -0.4 is 10.6 Å². The molecule has 2 heterocycles. The number of aromatic nitrogens is 2. The standard InChI is InChI=1S/C9H15N5O3S2/c1-6(15)11-8-12-13-9(18-8)19(16,17)14(2)7-3-4-10-5-7/h7,10H,3-5H2,1-2H3,(H,11,12,15). The molecule has 1 aliphatic heterocycles. The van der Waals surface area contributed by atoms with Crippen LogP contribution in [-0.2, 0) is 14.8 Å². The van der Waals surface area contributed by atoms with E-state index < -0.39 is 10.0 Å². The molecule has 0 aliphatic carbocycles. The predicted molar refractivity (Wildman–Crippen MR) is 70.4 cm³/mol. The second kappa shape index (κ2) is 5.49. The lowest BCUT2D eigenvalue weighted by molar-refractivity contribution is -0.114. The van der Waals surface area contributed by atoms with E-state index in [2.05, 4.69) is 20.8 Å². The third-order valence-corrected chi connectivity index (χ3v) is 5.93. The van der Waals surface area contributed by atoms with Crippen LogP contribution in [0.15, 0.2) is 4.34 Å². The van der Waals surface area contributed by atoms with Crippen LogP contribution in [0.1, 0.15) is 13.3 Å². The summed E-state index contributed by atoms with van der Waals surface area (Å²) in [5, 5.41) is 13.0. The van der Waals surface area contributed by atoms with Gasteiger partial charge in [-0.3, -0.25) is 4.79 Å². The summed E-state index contributed by atoms with van der Waals surface area (Å²) in [6, 6.07) is -0.0712. The summed E-state index contributed by atoms with van der Waals surface area (Å²) < 4.78 is 25.8. The fourth-order valence-corrected chi connectivity index (χ4v) is 4.28. The number of amides is 1. The molecule has 106 valence electrons. The first-order valence-corrected chi connectivity index (χ1v) is 7.97. The summed E-state index contributed by atoms with van der Waals surface area (Å²) in [4.78, 5) is 10.9. The van der Waals surface area contributed by atoms with Crippen LogP contribution in [-0.4, -0.2) is 55.0 Å². The fraction of sp³-hybridized carbons (Fsp3) is 0.667. The number of likely N-dealkylation sites (N-methyl/N-ethyl adjacent to an activating group) is 1. The molecule has 1 unspecified atom stereocenters. The SMILES string of the molecule is CC(=O)Nc1nnc(S(=O)(=O)N(C)C2CCNC2)s1. The van der Waals surface area contributed by atoms with Crippen molar-refractivity contribution in [3.63, 3.8) is 0 Å². The van der Waals surface area contributed by atoms with E-state index in [1.54, 1.807) is 0 Å². The van der Waals surface area contributed by atoms with Crippen LogP contribution in [0.3, 0.4) is 0 Å². The minimum Gasteiger partial charge on any atom is -0.315 e. The van der Waals surface area contributed by atoms with Crippen molar-refractivity contribution in [2.75, 3.05) is 25.5 Å². The molecular formula is C9H15N5O3S2. The number of carbonyl (C=O) groups excluding carboxylic acids is 1. The lowest BCUT2D eigenvalue weighted by Crippen LogP contribution is -2.38. The van der Waals surface area contributed by atoms with Gasteiger partial charge in [-0.05, 0) is 13.0 Å². The Kier molecular flexibility index (Phi) is 4.13. The Morgan fingerprint density at radius 3 is 2.84 bits per heavy atom. The van der Waals surface area contributed by atoms with Crippen molar-refractivity contribution in [2.45, 2.75) is 23.7 Å². The first-order valence-electron chi connectivity index (χ1n) is 5.71. The summed E-state index contributed by atoms with van der Waals surface area (Å²) in [6.45, 7) is 2.76. The van der Waals surface area contributed by atoms with Gasteiger partial charge in [0.05, 0.1) is 0 Å². The molecule has 19 heavy (non-hydrogen) atoms. The first-order chi connectivity index (χ1) is 8.91. The second-order valence-electron chi connectivity index (χ2n) is 4.22. The Morgan fingerprint density at radius 1 is 1.53 bits per heavy atom. The molecule has 1 amide bonds. The number of rotatable bonds is 4. The van der Waals surface area contributed by atoms with Crippen molar-refractivity contribution in [3.05, 3.63) is 0 Å². The van der Waals surface area contributed by atoms with Crippen molar-refractivity contribution >= 4 is 32.4 Å². The second-order valence-corrected chi connectivity index (χ2v) is 7.37. The van der Waals surface area contributed by atoms with Crippen LogP contribution >= 0.6 is 11.3 Å². The maximum absolute atomic E-state index is 12.3. The molecule has 0 saturated carbocycles. The fourth-order valence-electron chi connectivity index (χ4n) is 1.78. The highest BCUT2D eigenvalue weighted by Crippen LogP contribution is 2.24. The van der Waals surface area contributed by atoms with Crippen LogP contribution in [0.25, 0.3) is 0 Å². The van der Waals surface area contributed by atoms with Crippen molar-refractivity contribution in [1.82, 2.24) is 19.8 Å². The molecule has 8 nitrogen and oxygen atoms in total. The van der Waals surface area contributed by atoms with E-state index in [9.17, 15) is 13.2 Å². The number of nitrogens with zero attached hydrogens (tertiary/aromatic N) is 3. The van der Waals surface area contributed by atoms with Crippen molar-refractivity contribution in [1.29, 1.82) is 0 Å². The lowest BCUT2D eigenvalue weighted by Gasteiger charge is -2.21. The number of carbonyl (C=O) groups is 1. The minimum atomic E-state index is -3.65. The third kappa shape index (κ3) is 3.08. The van der Waals surface area contributed by atoms with E-state index >= 15 is 0 Å². The maximum atomic E-state index is 12.3. The minimum absolute atomic E-state index is 0.0712. The number of hydrogen-bond donors (Lipinski definition) is 2. The molecule has 10 heteroatoms. The number of sulfonamides is 1. The highest BCUT2D eigenvalue weighted by Gasteiger charge is 2.32. The third-order valence-electron chi connectivity index (χ3n) is 2.84. The van der Waals surface area contributed by atoms with E-state index in [-0.39, 0.29) is 21.4 Å². The zero-order chi connectivity index (χ0) is 14.0.